The van der Waals surface area contributed by atoms with Crippen molar-refractivity contribution in [3.05, 3.63) is 30.0 Å². The molecule has 2 aliphatic rings. The summed E-state index contributed by atoms with van der Waals surface area (Å²) in [5.74, 6) is 0.702. The molecule has 0 fully saturated rings. The summed E-state index contributed by atoms with van der Waals surface area (Å²) in [5.41, 5.74) is 8.14. The van der Waals surface area contributed by atoms with Gasteiger partial charge in [0.2, 0.25) is 5.91 Å². The molecule has 1 aromatic rings. The number of benzene rings is 1. The molecule has 3 rings (SSSR count). The van der Waals surface area contributed by atoms with Gasteiger partial charge in [-0.25, -0.2) is 15.3 Å². The second-order valence-corrected chi connectivity index (χ2v) is 9.67. The lowest BCUT2D eigenvalue weighted by atomic mass is 9.98. The summed E-state index contributed by atoms with van der Waals surface area (Å²) in [6.07, 6.45) is 9.85. The monoisotopic (exact) mass is 471 g/mol. The number of carbonyl (C=O) groups is 1. The molecule has 1 aromatic carbocycles. The Kier molecular flexibility index (Phi) is 9.65. The van der Waals surface area contributed by atoms with Gasteiger partial charge < -0.3 is 15.2 Å². The lowest BCUT2D eigenvalue weighted by Crippen LogP contribution is -2.53. The van der Waals surface area contributed by atoms with Gasteiger partial charge in [0, 0.05) is 38.9 Å². The summed E-state index contributed by atoms with van der Waals surface area (Å²) in [6.45, 7) is 10.6. The van der Waals surface area contributed by atoms with Gasteiger partial charge >= 0.3 is 0 Å². The highest BCUT2D eigenvalue weighted by molar-refractivity contribution is 5.91. The van der Waals surface area contributed by atoms with E-state index in [0.29, 0.717) is 5.92 Å². The fraction of sp³-hybridized carbons (Fsp3) is 0.667. The van der Waals surface area contributed by atoms with E-state index in [1.54, 1.807) is 7.05 Å². The minimum Gasteiger partial charge on any atom is -0.357 e. The van der Waals surface area contributed by atoms with E-state index in [2.05, 4.69) is 72.9 Å². The Labute approximate surface area is 206 Å². The maximum absolute atomic E-state index is 12.8. The Morgan fingerprint density at radius 3 is 2.56 bits per heavy atom. The number of rotatable bonds is 12. The number of amides is 1. The van der Waals surface area contributed by atoms with E-state index in [4.69, 9.17) is 4.84 Å². The maximum atomic E-state index is 12.8. The predicted octanol–water partition coefficient (Wildman–Crippen LogP) is 4.90. The van der Waals surface area contributed by atoms with Crippen LogP contribution in [-0.4, -0.2) is 50.4 Å². The molecule has 2 heterocycles. The third-order valence-electron chi connectivity index (χ3n) is 7.06. The number of unbranched alkanes of at least 4 members (excludes halogenated alkanes) is 1. The van der Waals surface area contributed by atoms with Crippen LogP contribution in [0.1, 0.15) is 78.2 Å². The zero-order valence-corrected chi connectivity index (χ0v) is 22.1. The minimum absolute atomic E-state index is 0.00706. The normalized spacial score (nSPS) is 18.9. The van der Waals surface area contributed by atoms with Crippen molar-refractivity contribution in [3.8, 4) is 0 Å². The molecular weight excluding hydrogens is 426 g/mol. The van der Waals surface area contributed by atoms with E-state index >= 15 is 0 Å². The van der Waals surface area contributed by atoms with Crippen molar-refractivity contribution in [2.24, 2.45) is 5.92 Å². The van der Waals surface area contributed by atoms with E-state index in [9.17, 15) is 4.79 Å². The van der Waals surface area contributed by atoms with Crippen molar-refractivity contribution >= 4 is 22.9 Å². The molecule has 0 aliphatic carbocycles. The lowest BCUT2D eigenvalue weighted by molar-refractivity contribution is -0.125. The first kappa shape index (κ1) is 26.4. The summed E-state index contributed by atoms with van der Waals surface area (Å²) in [5, 5.41) is 6.98. The number of carbonyl (C=O) groups excluding carboxylic acids is 1. The molecule has 2 N–H and O–H groups in total. The first-order valence-corrected chi connectivity index (χ1v) is 13.2. The topological polar surface area (TPSA) is 60.1 Å². The average Bonchev–Trinajstić information content (AvgIpc) is 3.30. The van der Waals surface area contributed by atoms with Crippen LogP contribution in [0.15, 0.2) is 24.4 Å². The van der Waals surface area contributed by atoms with Crippen molar-refractivity contribution in [2.45, 2.75) is 84.9 Å². The molecule has 190 valence electrons. The molecule has 7 nitrogen and oxygen atoms in total. The second kappa shape index (κ2) is 12.5. The number of hydrogen-bond acceptors (Lipinski definition) is 6. The van der Waals surface area contributed by atoms with E-state index in [1.807, 2.05) is 12.0 Å². The number of hydrazine groups is 1. The van der Waals surface area contributed by atoms with Gasteiger partial charge in [0.05, 0.1) is 11.4 Å². The molecule has 2 aliphatic heterocycles. The van der Waals surface area contributed by atoms with Gasteiger partial charge in [-0.2, -0.15) is 0 Å². The SMILES string of the molecule is CCCCC(C(=O)NC)N1OC(C)N(C)c2c(C3=CN(CC(CCC)CCC)NC3)cccc21. The van der Waals surface area contributed by atoms with Crippen molar-refractivity contribution in [1.82, 2.24) is 15.8 Å². The number of hydrogen-bond donors (Lipinski definition) is 2. The molecule has 34 heavy (non-hydrogen) atoms. The van der Waals surface area contributed by atoms with Gasteiger partial charge in [0.1, 0.15) is 6.04 Å². The van der Waals surface area contributed by atoms with E-state index < -0.39 is 0 Å². The minimum atomic E-state index is -0.355. The van der Waals surface area contributed by atoms with Crippen LogP contribution in [0.3, 0.4) is 0 Å². The van der Waals surface area contributed by atoms with Gasteiger partial charge in [0.25, 0.3) is 0 Å². The summed E-state index contributed by atoms with van der Waals surface area (Å²) in [7, 11) is 3.77. The van der Waals surface area contributed by atoms with Crippen molar-refractivity contribution in [1.29, 1.82) is 0 Å². The summed E-state index contributed by atoms with van der Waals surface area (Å²) < 4.78 is 0. The molecule has 7 heteroatoms. The maximum Gasteiger partial charge on any atom is 0.245 e. The van der Waals surface area contributed by atoms with Crippen molar-refractivity contribution in [3.63, 3.8) is 0 Å². The number of nitrogens with one attached hydrogen (secondary N) is 2. The number of fused-ring (bicyclic) bond motifs is 1. The zero-order chi connectivity index (χ0) is 24.7. The largest absolute Gasteiger partial charge is 0.357 e. The Bertz CT molecular complexity index is 836. The number of anilines is 2. The van der Waals surface area contributed by atoms with Crippen LogP contribution in [-0.2, 0) is 9.63 Å². The third kappa shape index (κ3) is 5.87. The van der Waals surface area contributed by atoms with Gasteiger partial charge in [0.15, 0.2) is 6.23 Å². The van der Waals surface area contributed by atoms with E-state index in [1.165, 1.54) is 36.8 Å². The Balaban J connectivity index is 1.93. The fourth-order valence-corrected chi connectivity index (χ4v) is 5.14. The molecule has 0 saturated heterocycles. The zero-order valence-electron chi connectivity index (χ0n) is 22.1. The number of likely N-dealkylation sites (N-methyl/N-ethyl adjacent to an activating group) is 1. The highest BCUT2D eigenvalue weighted by atomic mass is 16.7. The van der Waals surface area contributed by atoms with Crippen LogP contribution in [0.25, 0.3) is 5.57 Å². The first-order valence-electron chi connectivity index (χ1n) is 13.2. The third-order valence-corrected chi connectivity index (χ3v) is 7.06. The molecule has 2 unspecified atom stereocenters. The average molecular weight is 472 g/mol. The summed E-state index contributed by atoms with van der Waals surface area (Å²) >= 11 is 0. The molecule has 0 aromatic heterocycles. The summed E-state index contributed by atoms with van der Waals surface area (Å²) in [6, 6.07) is 5.99. The van der Waals surface area contributed by atoms with E-state index in [-0.39, 0.29) is 18.2 Å². The van der Waals surface area contributed by atoms with Crippen molar-refractivity contribution < 1.29 is 9.63 Å². The highest BCUT2D eigenvalue weighted by Gasteiger charge is 2.36. The second-order valence-electron chi connectivity index (χ2n) is 9.67. The number of para-hydroxylation sites is 1. The molecule has 0 bridgehead atoms. The number of hydroxylamine groups is 1. The Morgan fingerprint density at radius 2 is 1.91 bits per heavy atom. The molecule has 0 spiro atoms. The molecule has 0 radical (unpaired) electrons. The summed E-state index contributed by atoms with van der Waals surface area (Å²) in [4.78, 5) is 21.3. The molecular formula is C27H45N5O2. The quantitative estimate of drug-likeness (QED) is 0.452. The fourth-order valence-electron chi connectivity index (χ4n) is 5.14. The van der Waals surface area contributed by atoms with Gasteiger partial charge in [-0.3, -0.25) is 4.79 Å². The Morgan fingerprint density at radius 1 is 1.18 bits per heavy atom. The molecule has 1 amide bonds. The molecule has 2 atom stereocenters. The van der Waals surface area contributed by atoms with Gasteiger partial charge in [-0.15, -0.1) is 0 Å². The van der Waals surface area contributed by atoms with Crippen LogP contribution in [0, 0.1) is 5.92 Å². The predicted molar refractivity (Wildman–Crippen MR) is 141 cm³/mol. The standard InChI is InChI=1S/C27H45N5O2/c1-7-10-15-25(27(33)28-5)32-24-16-11-14-23(26(24)30(6)20(4)34-32)22-17-29-31(19-22)18-21(12-8-2)13-9-3/h11,14,16,19-21,25,29H,7-10,12-13,15,17-18H2,1-6H3,(H,28,33). The number of nitrogens with zero attached hydrogens (tertiary/aromatic N) is 3. The van der Waals surface area contributed by atoms with Gasteiger partial charge in [-0.05, 0) is 43.7 Å². The lowest BCUT2D eigenvalue weighted by Gasteiger charge is -2.44. The highest BCUT2D eigenvalue weighted by Crippen LogP contribution is 2.42. The smallest absolute Gasteiger partial charge is 0.245 e. The molecule has 0 saturated carbocycles. The van der Waals surface area contributed by atoms with Crippen LogP contribution in [0.2, 0.25) is 0 Å². The van der Waals surface area contributed by atoms with Crippen molar-refractivity contribution in [2.75, 3.05) is 37.1 Å². The van der Waals surface area contributed by atoms with Crippen LogP contribution in [0.4, 0.5) is 11.4 Å². The van der Waals surface area contributed by atoms with Gasteiger partial charge in [-0.1, -0.05) is 58.6 Å². The van der Waals surface area contributed by atoms with E-state index in [0.717, 1.165) is 43.7 Å². The van der Waals surface area contributed by atoms with Crippen LogP contribution in [0.5, 0.6) is 0 Å². The van der Waals surface area contributed by atoms with Crippen LogP contribution >= 0.6 is 0 Å². The van der Waals surface area contributed by atoms with Crippen LogP contribution < -0.4 is 20.7 Å². The Hall–Kier alpha value is -2.25. The first-order chi connectivity index (χ1) is 16.4.